The van der Waals surface area contributed by atoms with Crippen LogP contribution < -0.4 is 14.2 Å². The van der Waals surface area contributed by atoms with E-state index in [4.69, 9.17) is 25.8 Å². The number of carbonyl (C=O) groups is 1. The summed E-state index contributed by atoms with van der Waals surface area (Å²) in [5, 5.41) is 11.6. The van der Waals surface area contributed by atoms with Gasteiger partial charge in [0.15, 0.2) is 11.5 Å². The fraction of sp³-hybridized carbons (Fsp3) is 0.235. The van der Waals surface area contributed by atoms with Crippen molar-refractivity contribution in [2.75, 3.05) is 13.7 Å². The summed E-state index contributed by atoms with van der Waals surface area (Å²) in [4.78, 5) is 23.1. The lowest BCUT2D eigenvalue weighted by atomic mass is 10.1. The lowest BCUT2D eigenvalue weighted by Crippen LogP contribution is -2.12. The number of ether oxygens (including phenoxy) is 3. The maximum Gasteiger partial charge on any atom is 0.350 e. The molecule has 8 heteroatoms. The number of nitrogens with zero attached hydrogens (tertiary/aromatic N) is 1. The van der Waals surface area contributed by atoms with E-state index in [9.17, 15) is 14.9 Å². The van der Waals surface area contributed by atoms with Crippen LogP contribution in [0.2, 0.25) is 5.02 Å². The minimum Gasteiger partial charge on any atom is -0.493 e. The molecule has 0 spiro atoms. The lowest BCUT2D eigenvalue weighted by molar-refractivity contribution is -0.385. The normalized spacial score (nSPS) is 10.2. The summed E-state index contributed by atoms with van der Waals surface area (Å²) in [6.45, 7) is 3.82. The topological polar surface area (TPSA) is 87.9 Å². The van der Waals surface area contributed by atoms with Crippen LogP contribution >= 0.6 is 11.6 Å². The van der Waals surface area contributed by atoms with Gasteiger partial charge in [0, 0.05) is 6.07 Å². The molecule has 0 saturated heterocycles. The standard InChI is InChI=1S/C17H16ClNO6/c1-4-24-16-9-13(19(21)22)11(8-15(16)23-3)17(20)25-14-7-10(2)5-6-12(14)18/h5-9H,4H2,1-3H3. The van der Waals surface area contributed by atoms with Crippen LogP contribution in [-0.4, -0.2) is 24.6 Å². The number of methoxy groups -OCH3 is 1. The molecule has 0 aliphatic carbocycles. The molecule has 0 radical (unpaired) electrons. The number of rotatable bonds is 6. The van der Waals surface area contributed by atoms with Crippen LogP contribution in [0.25, 0.3) is 0 Å². The van der Waals surface area contributed by atoms with Crippen LogP contribution in [0, 0.1) is 17.0 Å². The molecule has 2 rings (SSSR count). The third kappa shape index (κ3) is 4.19. The van der Waals surface area contributed by atoms with Gasteiger partial charge in [-0.2, -0.15) is 0 Å². The van der Waals surface area contributed by atoms with Crippen molar-refractivity contribution in [3.63, 3.8) is 0 Å². The van der Waals surface area contributed by atoms with Crippen molar-refractivity contribution < 1.29 is 23.9 Å². The Balaban J connectivity index is 2.47. The Morgan fingerprint density at radius 3 is 2.52 bits per heavy atom. The molecule has 0 aromatic heterocycles. The highest BCUT2D eigenvalue weighted by Crippen LogP contribution is 2.36. The van der Waals surface area contributed by atoms with Gasteiger partial charge in [-0.1, -0.05) is 17.7 Å². The zero-order valence-electron chi connectivity index (χ0n) is 13.9. The summed E-state index contributed by atoms with van der Waals surface area (Å²) < 4.78 is 15.7. The number of esters is 1. The molecular formula is C17H16ClNO6. The van der Waals surface area contributed by atoms with Crippen LogP contribution in [0.3, 0.4) is 0 Å². The number of hydrogen-bond donors (Lipinski definition) is 0. The van der Waals surface area contributed by atoms with E-state index in [1.165, 1.54) is 13.2 Å². The van der Waals surface area contributed by atoms with Crippen molar-refractivity contribution in [3.05, 3.63) is 56.6 Å². The maximum absolute atomic E-state index is 12.5. The number of benzene rings is 2. The molecule has 25 heavy (non-hydrogen) atoms. The first-order valence-electron chi connectivity index (χ1n) is 7.35. The highest BCUT2D eigenvalue weighted by Gasteiger charge is 2.26. The molecule has 0 heterocycles. The Bertz CT molecular complexity index is 821. The first-order valence-corrected chi connectivity index (χ1v) is 7.72. The Morgan fingerprint density at radius 1 is 1.20 bits per heavy atom. The Kier molecular flexibility index (Phi) is 5.82. The fourth-order valence-electron chi connectivity index (χ4n) is 2.14. The van der Waals surface area contributed by atoms with E-state index in [1.54, 1.807) is 32.0 Å². The van der Waals surface area contributed by atoms with Crippen LogP contribution in [0.4, 0.5) is 5.69 Å². The molecule has 0 aliphatic rings. The van der Waals surface area contributed by atoms with Gasteiger partial charge >= 0.3 is 5.97 Å². The van der Waals surface area contributed by atoms with Gasteiger partial charge in [-0.25, -0.2) is 4.79 Å². The highest BCUT2D eigenvalue weighted by atomic mass is 35.5. The van der Waals surface area contributed by atoms with Gasteiger partial charge in [-0.05, 0) is 31.5 Å². The predicted molar refractivity (Wildman–Crippen MR) is 92.0 cm³/mol. The summed E-state index contributed by atoms with van der Waals surface area (Å²) in [6, 6.07) is 7.25. The highest BCUT2D eigenvalue weighted by molar-refractivity contribution is 6.32. The fourth-order valence-corrected chi connectivity index (χ4v) is 2.29. The summed E-state index contributed by atoms with van der Waals surface area (Å²) in [7, 11) is 1.37. The average Bonchev–Trinajstić information content (AvgIpc) is 2.57. The molecule has 0 bridgehead atoms. The molecule has 2 aromatic rings. The van der Waals surface area contributed by atoms with E-state index in [2.05, 4.69) is 0 Å². The van der Waals surface area contributed by atoms with Crippen molar-refractivity contribution in [1.82, 2.24) is 0 Å². The molecular weight excluding hydrogens is 350 g/mol. The third-order valence-corrected chi connectivity index (χ3v) is 3.60. The number of nitro benzene ring substituents is 1. The molecule has 2 aromatic carbocycles. The number of nitro groups is 1. The quantitative estimate of drug-likeness (QED) is 0.330. The van der Waals surface area contributed by atoms with Gasteiger partial charge in [0.25, 0.3) is 5.69 Å². The van der Waals surface area contributed by atoms with E-state index in [-0.39, 0.29) is 34.4 Å². The Labute approximate surface area is 149 Å². The largest absolute Gasteiger partial charge is 0.493 e. The summed E-state index contributed by atoms with van der Waals surface area (Å²) in [5.41, 5.74) is 0.117. The molecule has 0 fully saturated rings. The lowest BCUT2D eigenvalue weighted by Gasteiger charge is -2.12. The molecule has 0 atom stereocenters. The van der Waals surface area contributed by atoms with E-state index in [0.717, 1.165) is 11.6 Å². The van der Waals surface area contributed by atoms with Crippen molar-refractivity contribution in [2.24, 2.45) is 0 Å². The van der Waals surface area contributed by atoms with Crippen molar-refractivity contribution >= 4 is 23.3 Å². The van der Waals surface area contributed by atoms with E-state index in [1.807, 2.05) is 0 Å². The summed E-state index contributed by atoms with van der Waals surface area (Å²) in [5.74, 6) is -0.439. The van der Waals surface area contributed by atoms with E-state index in [0.29, 0.717) is 0 Å². The second-order valence-electron chi connectivity index (χ2n) is 5.03. The molecule has 0 N–H and O–H groups in total. The van der Waals surface area contributed by atoms with Gasteiger partial charge in [-0.15, -0.1) is 0 Å². The smallest absolute Gasteiger partial charge is 0.350 e. The number of halogens is 1. The van der Waals surface area contributed by atoms with Gasteiger partial charge in [0.2, 0.25) is 0 Å². The van der Waals surface area contributed by atoms with Crippen molar-refractivity contribution in [1.29, 1.82) is 0 Å². The van der Waals surface area contributed by atoms with Crippen LogP contribution in [0.5, 0.6) is 17.2 Å². The monoisotopic (exact) mass is 365 g/mol. The molecule has 0 unspecified atom stereocenters. The molecule has 0 aliphatic heterocycles. The second-order valence-corrected chi connectivity index (χ2v) is 5.44. The number of hydrogen-bond acceptors (Lipinski definition) is 6. The Hall–Kier alpha value is -2.80. The SMILES string of the molecule is CCOc1cc([N+](=O)[O-])c(C(=O)Oc2cc(C)ccc2Cl)cc1OC. The van der Waals surface area contributed by atoms with Crippen LogP contribution in [0.1, 0.15) is 22.8 Å². The number of aryl methyl sites for hydroxylation is 1. The van der Waals surface area contributed by atoms with Crippen molar-refractivity contribution in [3.8, 4) is 17.2 Å². The first kappa shape index (κ1) is 18.5. The maximum atomic E-state index is 12.5. The van der Waals surface area contributed by atoms with E-state index < -0.39 is 16.6 Å². The molecule has 7 nitrogen and oxygen atoms in total. The second kappa shape index (κ2) is 7.85. The van der Waals surface area contributed by atoms with Gasteiger partial charge in [0.05, 0.1) is 29.7 Å². The van der Waals surface area contributed by atoms with Crippen LogP contribution in [-0.2, 0) is 0 Å². The molecule has 132 valence electrons. The first-order chi connectivity index (χ1) is 11.9. The average molecular weight is 366 g/mol. The summed E-state index contributed by atoms with van der Waals surface area (Å²) in [6.07, 6.45) is 0. The van der Waals surface area contributed by atoms with Gasteiger partial charge in [-0.3, -0.25) is 10.1 Å². The summed E-state index contributed by atoms with van der Waals surface area (Å²) >= 11 is 6.00. The number of carbonyl (C=O) groups excluding carboxylic acids is 1. The molecule has 0 amide bonds. The zero-order chi connectivity index (χ0) is 18.6. The third-order valence-electron chi connectivity index (χ3n) is 3.29. The Morgan fingerprint density at radius 2 is 1.92 bits per heavy atom. The van der Waals surface area contributed by atoms with E-state index >= 15 is 0 Å². The minimum absolute atomic E-state index is 0.119. The van der Waals surface area contributed by atoms with Gasteiger partial charge in [0.1, 0.15) is 11.3 Å². The van der Waals surface area contributed by atoms with Crippen LogP contribution in [0.15, 0.2) is 30.3 Å². The zero-order valence-corrected chi connectivity index (χ0v) is 14.6. The predicted octanol–water partition coefficient (Wildman–Crippen LogP) is 4.18. The minimum atomic E-state index is -0.916. The van der Waals surface area contributed by atoms with Gasteiger partial charge < -0.3 is 14.2 Å². The molecule has 0 saturated carbocycles. The van der Waals surface area contributed by atoms with Crippen molar-refractivity contribution in [2.45, 2.75) is 13.8 Å².